The van der Waals surface area contributed by atoms with Crippen LogP contribution >= 0.6 is 0 Å². The summed E-state index contributed by atoms with van der Waals surface area (Å²) >= 11 is 0. The number of hydrogen-bond donors (Lipinski definition) is 1. The van der Waals surface area contributed by atoms with Crippen molar-refractivity contribution in [2.24, 2.45) is 0 Å². The molecule has 0 atom stereocenters. The predicted octanol–water partition coefficient (Wildman–Crippen LogP) is 4.28. The van der Waals surface area contributed by atoms with E-state index < -0.39 is 0 Å². The molecule has 1 aliphatic rings. The summed E-state index contributed by atoms with van der Waals surface area (Å²) in [6.45, 7) is 0. The van der Waals surface area contributed by atoms with E-state index in [2.05, 4.69) is 0 Å². The smallest absolute Gasteiger partial charge is 0.194 e. The number of carbonyl (C=O) groups excluding carboxylic acids is 1. The van der Waals surface area contributed by atoms with E-state index in [0.29, 0.717) is 5.57 Å². The van der Waals surface area contributed by atoms with Gasteiger partial charge in [-0.1, -0.05) is 48.5 Å². The highest BCUT2D eigenvalue weighted by Crippen LogP contribution is 2.35. The normalized spacial score (nSPS) is 13.3. The van der Waals surface area contributed by atoms with Crippen molar-refractivity contribution in [1.29, 1.82) is 0 Å². The van der Waals surface area contributed by atoms with Crippen LogP contribution in [0.5, 0.6) is 5.75 Å². The van der Waals surface area contributed by atoms with E-state index in [0.717, 1.165) is 27.5 Å². The van der Waals surface area contributed by atoms with Gasteiger partial charge in [0.1, 0.15) is 5.75 Å². The number of benzene rings is 3. The molecule has 3 aromatic carbocycles. The number of allylic oxidation sites excluding steroid dienone is 1. The third kappa shape index (κ3) is 1.77. The Morgan fingerprint density at radius 1 is 0.810 bits per heavy atom. The third-order valence-electron chi connectivity index (χ3n) is 3.90. The molecule has 3 aromatic rings. The summed E-state index contributed by atoms with van der Waals surface area (Å²) in [6.07, 6.45) is 1.93. The minimum absolute atomic E-state index is 0.0324. The average Bonchev–Trinajstić information content (AvgIpc) is 2.52. The first-order valence-corrected chi connectivity index (χ1v) is 6.81. The van der Waals surface area contributed by atoms with Crippen LogP contribution in [-0.4, -0.2) is 10.9 Å². The van der Waals surface area contributed by atoms with Crippen molar-refractivity contribution in [3.8, 4) is 5.75 Å². The fourth-order valence-corrected chi connectivity index (χ4v) is 2.90. The van der Waals surface area contributed by atoms with Crippen LogP contribution in [0.1, 0.15) is 21.5 Å². The molecule has 1 N–H and O–H groups in total. The summed E-state index contributed by atoms with van der Waals surface area (Å²) < 4.78 is 0. The number of carbonyl (C=O) groups is 1. The topological polar surface area (TPSA) is 37.3 Å². The molecule has 0 spiro atoms. The van der Waals surface area contributed by atoms with Crippen LogP contribution < -0.4 is 0 Å². The first-order valence-electron chi connectivity index (χ1n) is 6.81. The molecule has 21 heavy (non-hydrogen) atoms. The van der Waals surface area contributed by atoms with Gasteiger partial charge in [-0.15, -0.1) is 0 Å². The molecule has 0 radical (unpaired) electrons. The van der Waals surface area contributed by atoms with Gasteiger partial charge in [0.2, 0.25) is 0 Å². The van der Waals surface area contributed by atoms with Crippen LogP contribution in [0.15, 0.2) is 60.7 Å². The SMILES string of the molecule is O=C1C(c2ccc(O)cc2)=Cc2cccc3cccc1c23. The molecule has 0 saturated heterocycles. The second-order valence-corrected chi connectivity index (χ2v) is 5.18. The lowest BCUT2D eigenvalue weighted by molar-refractivity contribution is 0.105. The molecule has 0 aromatic heterocycles. The van der Waals surface area contributed by atoms with Gasteiger partial charge in [0.25, 0.3) is 0 Å². The van der Waals surface area contributed by atoms with E-state index in [1.807, 2.05) is 42.5 Å². The minimum atomic E-state index is 0.0324. The first kappa shape index (κ1) is 11.9. The summed E-state index contributed by atoms with van der Waals surface area (Å²) in [4.78, 5) is 12.8. The van der Waals surface area contributed by atoms with Crippen LogP contribution in [0.25, 0.3) is 22.4 Å². The fourth-order valence-electron chi connectivity index (χ4n) is 2.90. The standard InChI is InChI=1S/C19H12O2/c20-15-9-7-12(8-10-15)17-11-14-5-1-3-13-4-2-6-16(18(13)14)19(17)21/h1-11,20H. The monoisotopic (exact) mass is 272 g/mol. The zero-order valence-corrected chi connectivity index (χ0v) is 11.2. The molecule has 0 saturated carbocycles. The van der Waals surface area contributed by atoms with Gasteiger partial charge < -0.3 is 5.11 Å². The van der Waals surface area contributed by atoms with Gasteiger partial charge in [0, 0.05) is 16.5 Å². The molecule has 0 aliphatic heterocycles. The predicted molar refractivity (Wildman–Crippen MR) is 84.3 cm³/mol. The van der Waals surface area contributed by atoms with Gasteiger partial charge in [-0.3, -0.25) is 4.79 Å². The fraction of sp³-hybridized carbons (Fsp3) is 0. The molecule has 0 unspecified atom stereocenters. The van der Waals surface area contributed by atoms with Gasteiger partial charge in [0.05, 0.1) is 0 Å². The first-order chi connectivity index (χ1) is 10.2. The van der Waals surface area contributed by atoms with E-state index in [-0.39, 0.29) is 11.5 Å². The second kappa shape index (κ2) is 4.32. The third-order valence-corrected chi connectivity index (χ3v) is 3.90. The largest absolute Gasteiger partial charge is 0.508 e. The van der Waals surface area contributed by atoms with Crippen LogP contribution in [-0.2, 0) is 0 Å². The molecule has 1 aliphatic carbocycles. The molecule has 100 valence electrons. The molecule has 0 amide bonds. The van der Waals surface area contributed by atoms with E-state index in [1.165, 1.54) is 0 Å². The van der Waals surface area contributed by atoms with Gasteiger partial charge in [-0.25, -0.2) is 0 Å². The highest BCUT2D eigenvalue weighted by atomic mass is 16.3. The number of rotatable bonds is 1. The molecule has 0 bridgehead atoms. The Kier molecular flexibility index (Phi) is 2.45. The molecular formula is C19H12O2. The molecular weight excluding hydrogens is 260 g/mol. The van der Waals surface area contributed by atoms with Gasteiger partial charge in [-0.2, -0.15) is 0 Å². The average molecular weight is 272 g/mol. The molecule has 2 heteroatoms. The minimum Gasteiger partial charge on any atom is -0.508 e. The number of Topliss-reactive ketones (excluding diaryl/α,β-unsaturated/α-hetero) is 1. The number of phenols is 1. The molecule has 4 rings (SSSR count). The van der Waals surface area contributed by atoms with Crippen molar-refractivity contribution in [3.63, 3.8) is 0 Å². The van der Waals surface area contributed by atoms with E-state index in [4.69, 9.17) is 0 Å². The van der Waals surface area contributed by atoms with Gasteiger partial charge >= 0.3 is 0 Å². The Morgan fingerprint density at radius 2 is 1.52 bits per heavy atom. The molecule has 0 fully saturated rings. The number of hydrogen-bond acceptors (Lipinski definition) is 2. The van der Waals surface area contributed by atoms with Gasteiger partial charge in [-0.05, 0) is 34.7 Å². The van der Waals surface area contributed by atoms with Crippen molar-refractivity contribution in [1.82, 2.24) is 0 Å². The lowest BCUT2D eigenvalue weighted by atomic mass is 9.85. The van der Waals surface area contributed by atoms with Crippen molar-refractivity contribution in [3.05, 3.63) is 77.4 Å². The molecule has 0 heterocycles. The number of ketones is 1. The summed E-state index contributed by atoms with van der Waals surface area (Å²) in [5.41, 5.74) is 3.30. The van der Waals surface area contributed by atoms with E-state index in [9.17, 15) is 9.90 Å². The number of phenolic OH excluding ortho intramolecular Hbond substituents is 1. The lowest BCUT2D eigenvalue weighted by Crippen LogP contribution is -2.08. The van der Waals surface area contributed by atoms with Crippen molar-refractivity contribution < 1.29 is 9.90 Å². The van der Waals surface area contributed by atoms with Crippen molar-refractivity contribution in [2.75, 3.05) is 0 Å². The van der Waals surface area contributed by atoms with Crippen LogP contribution in [0.3, 0.4) is 0 Å². The van der Waals surface area contributed by atoms with Crippen LogP contribution in [0.2, 0.25) is 0 Å². The highest BCUT2D eigenvalue weighted by Gasteiger charge is 2.22. The Morgan fingerprint density at radius 3 is 2.29 bits per heavy atom. The Labute approximate surface area is 122 Å². The van der Waals surface area contributed by atoms with Crippen molar-refractivity contribution >= 4 is 28.2 Å². The Bertz CT molecular complexity index is 897. The summed E-state index contributed by atoms with van der Waals surface area (Å²) in [6, 6.07) is 18.6. The van der Waals surface area contributed by atoms with Gasteiger partial charge in [0.15, 0.2) is 5.78 Å². The lowest BCUT2D eigenvalue weighted by Gasteiger charge is -2.17. The summed E-state index contributed by atoms with van der Waals surface area (Å²) in [5, 5.41) is 11.5. The Balaban J connectivity index is 1.99. The zero-order valence-electron chi connectivity index (χ0n) is 11.2. The highest BCUT2D eigenvalue weighted by molar-refractivity contribution is 6.38. The molecule has 2 nitrogen and oxygen atoms in total. The summed E-state index contributed by atoms with van der Waals surface area (Å²) in [5.74, 6) is 0.232. The van der Waals surface area contributed by atoms with Crippen molar-refractivity contribution in [2.45, 2.75) is 0 Å². The maximum Gasteiger partial charge on any atom is 0.194 e. The quantitative estimate of drug-likeness (QED) is 0.717. The van der Waals surface area contributed by atoms with E-state index >= 15 is 0 Å². The Hall–Kier alpha value is -2.87. The van der Waals surface area contributed by atoms with Crippen LogP contribution in [0, 0.1) is 0 Å². The number of aromatic hydroxyl groups is 1. The van der Waals surface area contributed by atoms with Crippen LogP contribution in [0.4, 0.5) is 0 Å². The maximum atomic E-state index is 12.8. The van der Waals surface area contributed by atoms with E-state index in [1.54, 1.807) is 24.3 Å². The zero-order chi connectivity index (χ0) is 14.4. The maximum absolute atomic E-state index is 12.8. The second-order valence-electron chi connectivity index (χ2n) is 5.18. The summed E-state index contributed by atoms with van der Waals surface area (Å²) in [7, 11) is 0.